The van der Waals surface area contributed by atoms with Gasteiger partial charge in [0.15, 0.2) is 18.4 Å². The number of hydrogen-bond acceptors (Lipinski definition) is 17. The number of likely N-dealkylation sites (N-methyl/N-ethyl adjacent to an activating group) is 1. The number of carbonyl (C=O) groups excluding carboxylic acids is 2. The number of esters is 1. The zero-order valence-corrected chi connectivity index (χ0v) is 36.7. The summed E-state index contributed by atoms with van der Waals surface area (Å²) in [5.74, 6) is -3.38. The molecule has 5 N–H and O–H groups in total. The number of carbonyl (C=O) groups is 2. The first kappa shape index (κ1) is 48.3. The Kier molecular flexibility index (Phi) is 17.4. The second-order valence-electron chi connectivity index (χ2n) is 17.1. The van der Waals surface area contributed by atoms with Gasteiger partial charge in [-0.2, -0.15) is 0 Å². The summed E-state index contributed by atoms with van der Waals surface area (Å²) in [6.07, 6.45) is -5.07. The molecule has 0 amide bonds. The molecule has 60 heavy (non-hydrogen) atoms. The number of aromatic nitrogens is 3. The maximum Gasteiger partial charge on any atom is 0.308 e. The van der Waals surface area contributed by atoms with Crippen LogP contribution in [-0.4, -0.2) is 174 Å². The smallest absolute Gasteiger partial charge is 0.308 e. The van der Waals surface area contributed by atoms with E-state index in [1.165, 1.54) is 14.2 Å². The van der Waals surface area contributed by atoms with E-state index in [4.69, 9.17) is 33.2 Å². The summed E-state index contributed by atoms with van der Waals surface area (Å²) >= 11 is 0. The summed E-state index contributed by atoms with van der Waals surface area (Å²) in [4.78, 5) is 30.2. The molecule has 340 valence electrons. The molecule has 1 saturated carbocycles. The van der Waals surface area contributed by atoms with Crippen LogP contribution in [0.3, 0.4) is 0 Å². The van der Waals surface area contributed by atoms with Crippen LogP contribution >= 0.6 is 0 Å². The fourth-order valence-corrected chi connectivity index (χ4v) is 9.31. The number of methoxy groups -OCH3 is 2. The fraction of sp³-hybridized carbons (Fsp3) is 0.810. The minimum atomic E-state index is -1.44. The number of nitrogens with one attached hydrogen (secondary N) is 1. The van der Waals surface area contributed by atoms with Crippen molar-refractivity contribution in [2.75, 3.05) is 42.0 Å². The summed E-state index contributed by atoms with van der Waals surface area (Å²) in [6, 6.07) is -0.742. The SMILES string of the molecule is CC[C@H]1OC(=O)C[C@@H](O)[C@@H]2/C(=C\C(C)=C\[C@@H]1COC1OC(C)C(O)C(OC)C1OC)C(=O)[C@H](C)C[C@H](CCn1cc(CNC)nn1)[C@@H]2O[C@@H]1O[C@H](C)C(O)C(N(C)C)C1O. The quantitative estimate of drug-likeness (QED) is 0.163. The molecule has 5 rings (SSSR count). The molecule has 0 spiro atoms. The van der Waals surface area contributed by atoms with Crippen LogP contribution in [0.5, 0.6) is 0 Å². The average molecular weight is 852 g/mol. The van der Waals surface area contributed by atoms with E-state index < -0.39 is 116 Å². The second-order valence-corrected chi connectivity index (χ2v) is 17.1. The maximum absolute atomic E-state index is 14.6. The Morgan fingerprint density at radius 1 is 0.967 bits per heavy atom. The molecule has 8 unspecified atom stereocenters. The molecule has 1 aromatic heterocycles. The summed E-state index contributed by atoms with van der Waals surface area (Å²) in [7, 11) is 8.28. The Bertz CT molecular complexity index is 1630. The van der Waals surface area contributed by atoms with Crippen molar-refractivity contribution < 1.29 is 63.2 Å². The number of ether oxygens (including phenoxy) is 7. The number of fused-ring (bicyclic) bond motifs is 1. The van der Waals surface area contributed by atoms with Crippen LogP contribution in [0.1, 0.15) is 66.0 Å². The zero-order chi connectivity index (χ0) is 44.0. The summed E-state index contributed by atoms with van der Waals surface area (Å²) in [5.41, 5.74) is 1.69. The first-order valence-electron chi connectivity index (χ1n) is 21.2. The summed E-state index contributed by atoms with van der Waals surface area (Å²) < 4.78 is 44.3. The third-order valence-electron chi connectivity index (χ3n) is 12.5. The van der Waals surface area contributed by atoms with Crippen molar-refractivity contribution in [1.82, 2.24) is 25.2 Å². The Morgan fingerprint density at radius 2 is 1.65 bits per heavy atom. The van der Waals surface area contributed by atoms with Gasteiger partial charge in [0.05, 0.1) is 55.3 Å². The number of aliphatic hydroxyl groups is 4. The highest BCUT2D eigenvalue weighted by Gasteiger charge is 2.51. The van der Waals surface area contributed by atoms with E-state index in [1.54, 1.807) is 43.6 Å². The average Bonchev–Trinajstić information content (AvgIpc) is 3.62. The van der Waals surface area contributed by atoms with Gasteiger partial charge in [-0.1, -0.05) is 36.8 Å². The summed E-state index contributed by atoms with van der Waals surface area (Å²) in [6.45, 7) is 9.94. The minimum Gasteiger partial charge on any atom is -0.462 e. The number of Topliss-reactive ketones (excluding diaryl/α,β-unsaturated/α-hetero) is 1. The number of nitrogens with zero attached hydrogens (tertiary/aromatic N) is 4. The van der Waals surface area contributed by atoms with Gasteiger partial charge in [0.25, 0.3) is 0 Å². The van der Waals surface area contributed by atoms with Crippen molar-refractivity contribution in [2.24, 2.45) is 23.7 Å². The third kappa shape index (κ3) is 11.1. The number of cyclic esters (lactones) is 1. The molecule has 3 fully saturated rings. The van der Waals surface area contributed by atoms with Crippen LogP contribution in [0, 0.1) is 23.7 Å². The highest BCUT2D eigenvalue weighted by molar-refractivity contribution is 5.98. The number of aryl methyl sites for hydroxylation is 1. The maximum atomic E-state index is 14.6. The largest absolute Gasteiger partial charge is 0.462 e. The van der Waals surface area contributed by atoms with E-state index in [9.17, 15) is 30.0 Å². The number of hydrogen-bond donors (Lipinski definition) is 5. The molecule has 0 aromatic carbocycles. The van der Waals surface area contributed by atoms with Gasteiger partial charge < -0.3 is 63.8 Å². The molecule has 4 aliphatic rings. The molecule has 1 aromatic rings. The number of allylic oxidation sites excluding steroid dienone is 2. The lowest BCUT2D eigenvalue weighted by molar-refractivity contribution is -0.304. The third-order valence-corrected chi connectivity index (χ3v) is 12.5. The van der Waals surface area contributed by atoms with E-state index in [0.29, 0.717) is 37.9 Å². The summed E-state index contributed by atoms with van der Waals surface area (Å²) in [5, 5.41) is 57.2. The molecule has 2 saturated heterocycles. The van der Waals surface area contributed by atoms with E-state index in [0.717, 1.165) is 5.69 Å². The van der Waals surface area contributed by atoms with Gasteiger partial charge in [0.2, 0.25) is 0 Å². The topological polar surface area (TPSA) is 226 Å². The van der Waals surface area contributed by atoms with Gasteiger partial charge in [-0.3, -0.25) is 14.3 Å². The van der Waals surface area contributed by atoms with Gasteiger partial charge in [-0.15, -0.1) is 5.10 Å². The van der Waals surface area contributed by atoms with Crippen molar-refractivity contribution in [3.8, 4) is 0 Å². The van der Waals surface area contributed by atoms with Crippen molar-refractivity contribution in [3.05, 3.63) is 35.2 Å². The van der Waals surface area contributed by atoms with Crippen molar-refractivity contribution >= 4 is 11.8 Å². The Balaban J connectivity index is 1.55. The fourth-order valence-electron chi connectivity index (χ4n) is 9.31. The van der Waals surface area contributed by atoms with E-state index in [-0.39, 0.29) is 18.0 Å². The van der Waals surface area contributed by atoms with E-state index in [2.05, 4.69) is 15.6 Å². The standard InChI is InChI=1S/C42H69N5O13/c1-11-30-26(20-56-42-40(55-10)39(54-9)36(52)24(5)58-42)14-21(2)15-28-32(29(48)17-31(49)59-30)38(60-41-37(53)33(46(7)8)35(51)23(4)57-41)25(16-22(3)34(28)50)12-13-47-19-27(18-43-6)44-45-47/h14-15,19,22-26,29-30,32-33,35-43,48,51-53H,11-13,16-18,20H2,1-10H3/b21-14+,28-15+/t22-,23-,24?,25+,26-,29-,30-,32+,33?,35?,36?,37?,38+,39?,40?,41+,42?/m1/s1. The van der Waals surface area contributed by atoms with Crippen LogP contribution in [0.4, 0.5) is 0 Å². The second kappa shape index (κ2) is 21.6. The van der Waals surface area contributed by atoms with E-state index >= 15 is 0 Å². The molecular weight excluding hydrogens is 782 g/mol. The minimum absolute atomic E-state index is 0.0204. The Labute approximate surface area is 353 Å². The molecule has 18 nitrogen and oxygen atoms in total. The van der Waals surface area contributed by atoms with Crippen molar-refractivity contribution in [2.45, 2.75) is 153 Å². The molecule has 17 atom stereocenters. The molecule has 18 heteroatoms. The zero-order valence-electron chi connectivity index (χ0n) is 36.7. The van der Waals surface area contributed by atoms with Crippen LogP contribution in [0.2, 0.25) is 0 Å². The molecule has 4 heterocycles. The normalized spacial score (nSPS) is 41.4. The highest BCUT2D eigenvalue weighted by Crippen LogP contribution is 2.42. The van der Waals surface area contributed by atoms with Crippen LogP contribution < -0.4 is 5.32 Å². The molecule has 3 aliphatic heterocycles. The number of ketones is 1. The molecule has 0 radical (unpaired) electrons. The van der Waals surface area contributed by atoms with Crippen molar-refractivity contribution in [3.63, 3.8) is 0 Å². The first-order valence-corrected chi connectivity index (χ1v) is 21.2. The van der Waals surface area contributed by atoms with Gasteiger partial charge in [0, 0.05) is 56.8 Å². The van der Waals surface area contributed by atoms with Gasteiger partial charge in [0.1, 0.15) is 30.5 Å². The predicted molar refractivity (Wildman–Crippen MR) is 216 cm³/mol. The lowest BCUT2D eigenvalue weighted by Gasteiger charge is -2.46. The lowest BCUT2D eigenvalue weighted by Crippen LogP contribution is -2.63. The monoisotopic (exact) mass is 851 g/mol. The van der Waals surface area contributed by atoms with Gasteiger partial charge in [-0.05, 0) is 67.1 Å². The van der Waals surface area contributed by atoms with Gasteiger partial charge in [-0.25, -0.2) is 0 Å². The van der Waals surface area contributed by atoms with Crippen LogP contribution in [0.15, 0.2) is 29.5 Å². The van der Waals surface area contributed by atoms with Crippen LogP contribution in [0.25, 0.3) is 0 Å². The number of rotatable bonds is 14. The van der Waals surface area contributed by atoms with Gasteiger partial charge >= 0.3 is 5.97 Å². The van der Waals surface area contributed by atoms with Crippen LogP contribution in [-0.2, 0) is 55.8 Å². The molecule has 1 aliphatic carbocycles. The van der Waals surface area contributed by atoms with E-state index in [1.807, 2.05) is 40.1 Å². The lowest BCUT2D eigenvalue weighted by atomic mass is 9.79. The predicted octanol–water partition coefficient (Wildman–Crippen LogP) is 0.739. The highest BCUT2D eigenvalue weighted by atomic mass is 16.7. The molecule has 0 bridgehead atoms. The molecular formula is C42H69N5O13. The Hall–Kier alpha value is -2.72. The van der Waals surface area contributed by atoms with Crippen molar-refractivity contribution in [1.29, 1.82) is 0 Å². The Morgan fingerprint density at radius 3 is 2.30 bits per heavy atom. The number of aliphatic hydroxyl groups excluding tert-OH is 4. The first-order chi connectivity index (χ1) is 28.5.